The van der Waals surface area contributed by atoms with Gasteiger partial charge in [0.25, 0.3) is 0 Å². The third kappa shape index (κ3) is 4.79. The maximum absolute atomic E-state index is 8.87. The van der Waals surface area contributed by atoms with E-state index in [4.69, 9.17) is 14.6 Å². The predicted octanol–water partition coefficient (Wildman–Crippen LogP) is 1.82. The number of methoxy groups -OCH3 is 1. The molecule has 0 spiro atoms. The van der Waals surface area contributed by atoms with E-state index in [9.17, 15) is 0 Å². The lowest BCUT2D eigenvalue weighted by molar-refractivity contribution is 0.196. The van der Waals surface area contributed by atoms with Crippen LogP contribution < -0.4 is 14.8 Å². The molecule has 1 aromatic rings. The summed E-state index contributed by atoms with van der Waals surface area (Å²) in [5.41, 5.74) is 1.03. The summed E-state index contributed by atoms with van der Waals surface area (Å²) < 4.78 is 10.8. The molecule has 0 unspecified atom stereocenters. The third-order valence-electron chi connectivity index (χ3n) is 3.95. The molecule has 5 heteroatoms. The van der Waals surface area contributed by atoms with E-state index in [1.807, 2.05) is 18.2 Å². The number of anilines is 1. The number of piperidine rings is 1. The Morgan fingerprint density at radius 1 is 1.29 bits per heavy atom. The first-order valence-corrected chi connectivity index (χ1v) is 7.57. The molecule has 2 rings (SSSR count). The molecule has 1 aliphatic heterocycles. The van der Waals surface area contributed by atoms with E-state index in [1.54, 1.807) is 7.11 Å². The minimum absolute atomic E-state index is 0.00357. The Bertz CT molecular complexity index is 432. The van der Waals surface area contributed by atoms with Crippen LogP contribution in [0.25, 0.3) is 0 Å². The van der Waals surface area contributed by atoms with E-state index >= 15 is 0 Å². The van der Waals surface area contributed by atoms with Gasteiger partial charge in [-0.25, -0.2) is 0 Å². The molecule has 0 saturated carbocycles. The molecule has 0 radical (unpaired) electrons. The van der Waals surface area contributed by atoms with Gasteiger partial charge in [-0.05, 0) is 51.0 Å². The Kier molecular flexibility index (Phi) is 6.14. The Morgan fingerprint density at radius 3 is 2.71 bits per heavy atom. The van der Waals surface area contributed by atoms with Crippen LogP contribution in [0.2, 0.25) is 0 Å². The van der Waals surface area contributed by atoms with Crippen molar-refractivity contribution in [3.63, 3.8) is 0 Å². The van der Waals surface area contributed by atoms with Crippen LogP contribution in [0.5, 0.6) is 11.5 Å². The maximum Gasteiger partial charge on any atom is 0.163 e. The second kappa shape index (κ2) is 8.10. The van der Waals surface area contributed by atoms with E-state index in [-0.39, 0.29) is 13.2 Å². The Hall–Kier alpha value is -1.46. The van der Waals surface area contributed by atoms with Gasteiger partial charge in [0.05, 0.1) is 13.7 Å². The number of aliphatic hydroxyl groups is 1. The van der Waals surface area contributed by atoms with Gasteiger partial charge in [-0.2, -0.15) is 0 Å². The second-order valence-corrected chi connectivity index (χ2v) is 5.57. The third-order valence-corrected chi connectivity index (χ3v) is 3.95. The molecular weight excluding hydrogens is 268 g/mol. The van der Waals surface area contributed by atoms with E-state index in [0.29, 0.717) is 11.5 Å². The zero-order chi connectivity index (χ0) is 15.1. The molecule has 0 aliphatic carbocycles. The summed E-state index contributed by atoms with van der Waals surface area (Å²) in [6, 6.07) is 5.83. The number of nitrogens with zero attached hydrogens (tertiary/aromatic N) is 1. The van der Waals surface area contributed by atoms with Crippen molar-refractivity contribution < 1.29 is 14.6 Å². The Labute approximate surface area is 126 Å². The van der Waals surface area contributed by atoms with Crippen LogP contribution in [-0.2, 0) is 0 Å². The molecule has 118 valence electrons. The van der Waals surface area contributed by atoms with Crippen molar-refractivity contribution in [1.29, 1.82) is 0 Å². The average Bonchev–Trinajstić information content (AvgIpc) is 2.52. The summed E-state index contributed by atoms with van der Waals surface area (Å²) >= 11 is 0. The number of rotatable bonds is 7. The van der Waals surface area contributed by atoms with E-state index in [2.05, 4.69) is 17.3 Å². The molecule has 5 nitrogen and oxygen atoms in total. The fourth-order valence-electron chi connectivity index (χ4n) is 2.58. The predicted molar refractivity (Wildman–Crippen MR) is 84.3 cm³/mol. The molecule has 1 saturated heterocycles. The van der Waals surface area contributed by atoms with Crippen molar-refractivity contribution in [2.75, 3.05) is 52.3 Å². The summed E-state index contributed by atoms with van der Waals surface area (Å²) in [4.78, 5) is 2.38. The number of nitrogens with one attached hydrogen (secondary N) is 1. The topological polar surface area (TPSA) is 54.0 Å². The van der Waals surface area contributed by atoms with E-state index in [1.165, 1.54) is 25.9 Å². The van der Waals surface area contributed by atoms with Gasteiger partial charge in [-0.3, -0.25) is 0 Å². The number of hydrogen-bond acceptors (Lipinski definition) is 5. The minimum atomic E-state index is -0.00357. The number of aliphatic hydroxyl groups excluding tert-OH is 1. The molecule has 0 amide bonds. The summed E-state index contributed by atoms with van der Waals surface area (Å²) in [5, 5.41) is 12.4. The highest BCUT2D eigenvalue weighted by atomic mass is 16.5. The first-order chi connectivity index (χ1) is 10.2. The van der Waals surface area contributed by atoms with Crippen molar-refractivity contribution in [2.45, 2.75) is 12.8 Å². The second-order valence-electron chi connectivity index (χ2n) is 5.57. The molecule has 0 aromatic heterocycles. The zero-order valence-electron chi connectivity index (χ0n) is 13.0. The largest absolute Gasteiger partial charge is 0.493 e. The monoisotopic (exact) mass is 294 g/mol. The molecule has 0 atom stereocenters. The van der Waals surface area contributed by atoms with Gasteiger partial charge in [-0.1, -0.05) is 0 Å². The number of likely N-dealkylation sites (tertiary alicyclic amines) is 1. The highest BCUT2D eigenvalue weighted by molar-refractivity contribution is 5.54. The van der Waals surface area contributed by atoms with Gasteiger partial charge in [0.1, 0.15) is 6.61 Å². The molecule has 1 aliphatic rings. The average molecular weight is 294 g/mol. The first-order valence-electron chi connectivity index (χ1n) is 7.57. The summed E-state index contributed by atoms with van der Waals surface area (Å²) in [6.07, 6.45) is 2.49. The van der Waals surface area contributed by atoms with Crippen LogP contribution in [0.15, 0.2) is 18.2 Å². The lowest BCUT2D eigenvalue weighted by atomic mass is 9.97. The molecule has 1 aromatic carbocycles. The fraction of sp³-hybridized carbons (Fsp3) is 0.625. The number of benzene rings is 1. The van der Waals surface area contributed by atoms with Crippen LogP contribution >= 0.6 is 0 Å². The molecule has 2 N–H and O–H groups in total. The van der Waals surface area contributed by atoms with Crippen molar-refractivity contribution in [3.05, 3.63) is 18.2 Å². The van der Waals surface area contributed by atoms with Crippen LogP contribution in [0.3, 0.4) is 0 Å². The highest BCUT2D eigenvalue weighted by Crippen LogP contribution is 2.30. The minimum Gasteiger partial charge on any atom is -0.493 e. The van der Waals surface area contributed by atoms with Crippen molar-refractivity contribution >= 4 is 5.69 Å². The molecule has 1 heterocycles. The van der Waals surface area contributed by atoms with E-state index in [0.717, 1.165) is 18.2 Å². The summed E-state index contributed by atoms with van der Waals surface area (Å²) in [6.45, 7) is 3.62. The SMILES string of the molecule is COc1ccc(NCC2CCN(C)CC2)cc1OCCO. The molecular formula is C16H26N2O3. The van der Waals surface area contributed by atoms with Crippen LogP contribution in [0.4, 0.5) is 5.69 Å². The van der Waals surface area contributed by atoms with Gasteiger partial charge >= 0.3 is 0 Å². The zero-order valence-corrected chi connectivity index (χ0v) is 13.0. The highest BCUT2D eigenvalue weighted by Gasteiger charge is 2.16. The Balaban J connectivity index is 1.90. The maximum atomic E-state index is 8.87. The molecule has 21 heavy (non-hydrogen) atoms. The van der Waals surface area contributed by atoms with Crippen LogP contribution in [0.1, 0.15) is 12.8 Å². The van der Waals surface area contributed by atoms with Gasteiger partial charge in [-0.15, -0.1) is 0 Å². The summed E-state index contributed by atoms with van der Waals surface area (Å²) in [7, 11) is 3.80. The first kappa shape index (κ1) is 15.9. The van der Waals surface area contributed by atoms with Crippen molar-refractivity contribution in [3.8, 4) is 11.5 Å². The van der Waals surface area contributed by atoms with Crippen molar-refractivity contribution in [2.24, 2.45) is 5.92 Å². The standard InChI is InChI=1S/C16H26N2O3/c1-18-7-5-13(6-8-18)12-17-14-3-4-15(20-2)16(11-14)21-10-9-19/h3-4,11,13,17,19H,5-10,12H2,1-2H3. The molecule has 1 fully saturated rings. The number of hydrogen-bond donors (Lipinski definition) is 2. The normalized spacial score (nSPS) is 16.7. The Morgan fingerprint density at radius 2 is 2.05 bits per heavy atom. The van der Waals surface area contributed by atoms with Crippen LogP contribution in [0, 0.1) is 5.92 Å². The van der Waals surface area contributed by atoms with Gasteiger partial charge < -0.3 is 24.8 Å². The van der Waals surface area contributed by atoms with Crippen LogP contribution in [-0.4, -0.2) is 57.0 Å². The van der Waals surface area contributed by atoms with E-state index < -0.39 is 0 Å². The summed E-state index contributed by atoms with van der Waals surface area (Å²) in [5.74, 6) is 2.08. The lowest BCUT2D eigenvalue weighted by Gasteiger charge is -2.29. The lowest BCUT2D eigenvalue weighted by Crippen LogP contribution is -2.32. The van der Waals surface area contributed by atoms with Gasteiger partial charge in [0, 0.05) is 18.3 Å². The number of ether oxygens (including phenoxy) is 2. The van der Waals surface area contributed by atoms with Gasteiger partial charge in [0.2, 0.25) is 0 Å². The van der Waals surface area contributed by atoms with Gasteiger partial charge in [0.15, 0.2) is 11.5 Å². The smallest absolute Gasteiger partial charge is 0.163 e. The van der Waals surface area contributed by atoms with Crippen molar-refractivity contribution in [1.82, 2.24) is 4.90 Å². The molecule has 0 bridgehead atoms. The quantitative estimate of drug-likeness (QED) is 0.803. The fourth-order valence-corrected chi connectivity index (χ4v) is 2.58.